The Morgan fingerprint density at radius 1 is 0.967 bits per heavy atom. The lowest BCUT2D eigenvalue weighted by molar-refractivity contribution is -0.132. The standard InChI is InChI=1S/C23H31N5O2/c1-18(2)17-22(29)27-9-11-28(12-10-27)23-24-8-7-21(25-23)19-3-5-20(6-4-19)26-13-15-30-16-14-26/h3-8,18H,9-17H2,1-2H3. The highest BCUT2D eigenvalue weighted by molar-refractivity contribution is 5.76. The molecule has 0 atom stereocenters. The summed E-state index contributed by atoms with van der Waals surface area (Å²) in [6, 6.07) is 10.5. The lowest BCUT2D eigenvalue weighted by atomic mass is 10.1. The van der Waals surface area contributed by atoms with E-state index in [0.717, 1.165) is 69.7 Å². The van der Waals surface area contributed by atoms with Crippen LogP contribution in [0.15, 0.2) is 36.5 Å². The second-order valence-electron chi connectivity index (χ2n) is 8.35. The molecular formula is C23H31N5O2. The number of morpholine rings is 1. The summed E-state index contributed by atoms with van der Waals surface area (Å²) in [6.45, 7) is 10.6. The first-order valence-electron chi connectivity index (χ1n) is 10.9. The van der Waals surface area contributed by atoms with Gasteiger partial charge in [0.25, 0.3) is 0 Å². The lowest BCUT2D eigenvalue weighted by Crippen LogP contribution is -2.49. The smallest absolute Gasteiger partial charge is 0.225 e. The third-order valence-corrected chi connectivity index (χ3v) is 5.68. The Morgan fingerprint density at radius 2 is 1.67 bits per heavy atom. The van der Waals surface area contributed by atoms with Gasteiger partial charge in [-0.25, -0.2) is 9.97 Å². The van der Waals surface area contributed by atoms with Crippen LogP contribution in [0.3, 0.4) is 0 Å². The van der Waals surface area contributed by atoms with Crippen LogP contribution in [0.25, 0.3) is 11.3 Å². The number of piperazine rings is 1. The molecule has 0 radical (unpaired) electrons. The minimum Gasteiger partial charge on any atom is -0.378 e. The molecule has 7 nitrogen and oxygen atoms in total. The van der Waals surface area contributed by atoms with Crippen LogP contribution >= 0.6 is 0 Å². The van der Waals surface area contributed by atoms with Crippen molar-refractivity contribution in [2.24, 2.45) is 5.92 Å². The molecule has 1 aromatic carbocycles. The fourth-order valence-corrected chi connectivity index (χ4v) is 3.96. The van der Waals surface area contributed by atoms with Crippen LogP contribution in [0.5, 0.6) is 0 Å². The zero-order valence-corrected chi connectivity index (χ0v) is 18.0. The predicted molar refractivity (Wildman–Crippen MR) is 119 cm³/mol. The highest BCUT2D eigenvalue weighted by Gasteiger charge is 2.23. The summed E-state index contributed by atoms with van der Waals surface area (Å²) in [4.78, 5) is 28.1. The van der Waals surface area contributed by atoms with Crippen LogP contribution in [0.4, 0.5) is 11.6 Å². The van der Waals surface area contributed by atoms with Crippen LogP contribution in [0.1, 0.15) is 20.3 Å². The van der Waals surface area contributed by atoms with Gasteiger partial charge >= 0.3 is 0 Å². The van der Waals surface area contributed by atoms with Crippen molar-refractivity contribution in [2.45, 2.75) is 20.3 Å². The molecule has 4 rings (SSSR count). The van der Waals surface area contributed by atoms with Crippen LogP contribution in [-0.4, -0.2) is 73.3 Å². The Kier molecular flexibility index (Phi) is 6.47. The van der Waals surface area contributed by atoms with E-state index < -0.39 is 0 Å². The Morgan fingerprint density at radius 3 is 2.33 bits per heavy atom. The number of anilines is 2. The first kappa shape index (κ1) is 20.6. The van der Waals surface area contributed by atoms with Crippen LogP contribution in [0, 0.1) is 5.92 Å². The first-order chi connectivity index (χ1) is 14.6. The third kappa shape index (κ3) is 4.90. The highest BCUT2D eigenvalue weighted by Crippen LogP contribution is 2.24. The van der Waals surface area contributed by atoms with Crippen LogP contribution in [0.2, 0.25) is 0 Å². The van der Waals surface area contributed by atoms with E-state index in [1.165, 1.54) is 5.69 Å². The fourth-order valence-electron chi connectivity index (χ4n) is 3.96. The molecule has 0 spiro atoms. The number of carbonyl (C=O) groups excluding carboxylic acids is 1. The van der Waals surface area contributed by atoms with E-state index in [1.807, 2.05) is 17.2 Å². The maximum atomic E-state index is 12.3. The summed E-state index contributed by atoms with van der Waals surface area (Å²) in [5.41, 5.74) is 3.23. The van der Waals surface area contributed by atoms with Crippen LogP contribution in [-0.2, 0) is 9.53 Å². The SMILES string of the molecule is CC(C)CC(=O)N1CCN(c2nccc(-c3ccc(N4CCOCC4)cc3)n2)CC1. The summed E-state index contributed by atoms with van der Waals surface area (Å²) >= 11 is 0. The molecule has 0 N–H and O–H groups in total. The van der Waals surface area contributed by atoms with E-state index in [1.54, 1.807) is 0 Å². The largest absolute Gasteiger partial charge is 0.378 e. The van der Waals surface area contributed by atoms with Gasteiger partial charge in [-0.15, -0.1) is 0 Å². The van der Waals surface area contributed by atoms with E-state index in [2.05, 4.69) is 52.9 Å². The van der Waals surface area contributed by atoms with Gasteiger partial charge in [0, 0.05) is 63.1 Å². The number of hydrogen-bond acceptors (Lipinski definition) is 6. The number of nitrogens with zero attached hydrogens (tertiary/aromatic N) is 5. The average Bonchev–Trinajstić information content (AvgIpc) is 2.79. The number of carbonyl (C=O) groups is 1. The van der Waals surface area contributed by atoms with Gasteiger partial charge in [-0.2, -0.15) is 0 Å². The van der Waals surface area contributed by atoms with Gasteiger partial charge in [-0.3, -0.25) is 4.79 Å². The third-order valence-electron chi connectivity index (χ3n) is 5.68. The molecule has 7 heteroatoms. The van der Waals surface area contributed by atoms with Crippen molar-refractivity contribution in [3.8, 4) is 11.3 Å². The minimum atomic E-state index is 0.250. The maximum absolute atomic E-state index is 12.3. The number of amides is 1. The molecule has 2 fully saturated rings. The van der Waals surface area contributed by atoms with E-state index in [-0.39, 0.29) is 5.91 Å². The zero-order chi connectivity index (χ0) is 20.9. The minimum absolute atomic E-state index is 0.250. The molecule has 2 aromatic rings. The Balaban J connectivity index is 1.40. The second-order valence-corrected chi connectivity index (χ2v) is 8.35. The Hall–Kier alpha value is -2.67. The second kappa shape index (κ2) is 9.43. The Bertz CT molecular complexity index is 841. The molecule has 0 unspecified atom stereocenters. The van der Waals surface area contributed by atoms with Crippen molar-refractivity contribution in [3.05, 3.63) is 36.5 Å². The lowest BCUT2D eigenvalue weighted by Gasteiger charge is -2.35. The summed E-state index contributed by atoms with van der Waals surface area (Å²) in [5.74, 6) is 1.38. The fraction of sp³-hybridized carbons (Fsp3) is 0.522. The molecule has 30 heavy (non-hydrogen) atoms. The van der Waals surface area contributed by atoms with Gasteiger partial charge in [0.15, 0.2) is 0 Å². The normalized spacial score (nSPS) is 17.5. The van der Waals surface area contributed by atoms with Crippen molar-refractivity contribution >= 4 is 17.5 Å². The molecule has 160 valence electrons. The maximum Gasteiger partial charge on any atom is 0.225 e. The monoisotopic (exact) mass is 409 g/mol. The van der Waals surface area contributed by atoms with Crippen LogP contribution < -0.4 is 9.80 Å². The van der Waals surface area contributed by atoms with Crippen molar-refractivity contribution in [2.75, 3.05) is 62.3 Å². The number of hydrogen-bond donors (Lipinski definition) is 0. The number of benzene rings is 1. The van der Waals surface area contributed by atoms with Gasteiger partial charge < -0.3 is 19.4 Å². The molecule has 2 saturated heterocycles. The van der Waals surface area contributed by atoms with Gasteiger partial charge in [0.1, 0.15) is 0 Å². The average molecular weight is 410 g/mol. The molecule has 1 aromatic heterocycles. The summed E-state index contributed by atoms with van der Waals surface area (Å²) in [5, 5.41) is 0. The number of aromatic nitrogens is 2. The molecule has 3 heterocycles. The van der Waals surface area contributed by atoms with Gasteiger partial charge in [0.05, 0.1) is 18.9 Å². The van der Waals surface area contributed by atoms with Gasteiger partial charge in [0.2, 0.25) is 11.9 Å². The van der Waals surface area contributed by atoms with Crippen molar-refractivity contribution in [3.63, 3.8) is 0 Å². The number of ether oxygens (including phenoxy) is 1. The van der Waals surface area contributed by atoms with Gasteiger partial charge in [-0.1, -0.05) is 26.0 Å². The molecule has 0 aliphatic carbocycles. The Labute approximate surface area is 178 Å². The van der Waals surface area contributed by atoms with E-state index in [9.17, 15) is 4.79 Å². The van der Waals surface area contributed by atoms with Crippen molar-refractivity contribution in [1.29, 1.82) is 0 Å². The van der Waals surface area contributed by atoms with Crippen molar-refractivity contribution < 1.29 is 9.53 Å². The topological polar surface area (TPSA) is 61.8 Å². The molecular weight excluding hydrogens is 378 g/mol. The molecule has 2 aliphatic rings. The summed E-state index contributed by atoms with van der Waals surface area (Å²) < 4.78 is 5.44. The number of rotatable bonds is 5. The summed E-state index contributed by atoms with van der Waals surface area (Å²) in [6.07, 6.45) is 2.44. The first-order valence-corrected chi connectivity index (χ1v) is 10.9. The van der Waals surface area contributed by atoms with Crippen molar-refractivity contribution in [1.82, 2.24) is 14.9 Å². The molecule has 0 saturated carbocycles. The highest BCUT2D eigenvalue weighted by atomic mass is 16.5. The molecule has 1 amide bonds. The zero-order valence-electron chi connectivity index (χ0n) is 18.0. The van der Waals surface area contributed by atoms with E-state index >= 15 is 0 Å². The molecule has 0 bridgehead atoms. The molecule has 2 aliphatic heterocycles. The quantitative estimate of drug-likeness (QED) is 0.757. The van der Waals surface area contributed by atoms with E-state index in [4.69, 9.17) is 9.72 Å². The summed E-state index contributed by atoms with van der Waals surface area (Å²) in [7, 11) is 0. The van der Waals surface area contributed by atoms with Gasteiger partial charge in [-0.05, 0) is 24.1 Å². The van der Waals surface area contributed by atoms with E-state index in [0.29, 0.717) is 12.3 Å². The predicted octanol–water partition coefficient (Wildman–Crippen LogP) is 2.67.